The molecule has 0 aliphatic carbocycles. The number of anilines is 1. The van der Waals surface area contributed by atoms with Crippen LogP contribution in [0.3, 0.4) is 0 Å². The lowest BCUT2D eigenvalue weighted by atomic mass is 10.3. The molecule has 0 fully saturated rings. The summed E-state index contributed by atoms with van der Waals surface area (Å²) in [6, 6.07) is 1.07. The lowest BCUT2D eigenvalue weighted by Crippen LogP contribution is -2.24. The third kappa shape index (κ3) is 4.61. The van der Waals surface area contributed by atoms with E-state index in [4.69, 9.17) is 27.9 Å². The number of halogens is 5. The zero-order chi connectivity index (χ0) is 17.9. The van der Waals surface area contributed by atoms with Gasteiger partial charge in [0.05, 0.1) is 11.6 Å². The number of nitrogens with one attached hydrogen (secondary N) is 1. The Balaban J connectivity index is 2.05. The van der Waals surface area contributed by atoms with Gasteiger partial charge in [0.1, 0.15) is 28.5 Å². The number of hydrogen-bond donors (Lipinski definition) is 1. The molecule has 0 unspecified atom stereocenters. The van der Waals surface area contributed by atoms with Gasteiger partial charge in [0.15, 0.2) is 5.82 Å². The van der Waals surface area contributed by atoms with Crippen LogP contribution in [0, 0.1) is 12.7 Å². The van der Waals surface area contributed by atoms with Crippen LogP contribution in [0.2, 0.25) is 10.0 Å². The van der Waals surface area contributed by atoms with Crippen molar-refractivity contribution in [3.63, 3.8) is 0 Å². The maximum atomic E-state index is 13.6. The normalized spacial score (nSPS) is 12.3. The zero-order valence-electron chi connectivity index (χ0n) is 12.7. The van der Waals surface area contributed by atoms with Crippen LogP contribution < -0.4 is 10.1 Å². The number of alkyl halides is 2. The van der Waals surface area contributed by atoms with Gasteiger partial charge in [0.2, 0.25) is 0 Å². The van der Waals surface area contributed by atoms with E-state index < -0.39 is 24.0 Å². The average molecular weight is 381 g/mol. The number of pyridine rings is 1. The third-order valence-electron chi connectivity index (χ3n) is 2.84. The Kier molecular flexibility index (Phi) is 6.06. The Morgan fingerprint density at radius 1 is 1.29 bits per heavy atom. The largest absolute Gasteiger partial charge is 0.471 e. The molecule has 5 nitrogen and oxygen atoms in total. The highest BCUT2D eigenvalue weighted by atomic mass is 35.5. The van der Waals surface area contributed by atoms with E-state index in [1.165, 1.54) is 13.1 Å². The molecule has 2 aromatic heterocycles. The predicted molar refractivity (Wildman–Crippen MR) is 84.5 cm³/mol. The Hall–Kier alpha value is -1.80. The van der Waals surface area contributed by atoms with Gasteiger partial charge in [-0.1, -0.05) is 23.2 Å². The van der Waals surface area contributed by atoms with Crippen molar-refractivity contribution >= 4 is 29.0 Å². The van der Waals surface area contributed by atoms with Crippen molar-refractivity contribution in [2.45, 2.75) is 26.4 Å². The highest BCUT2D eigenvalue weighted by Crippen LogP contribution is 2.30. The Bertz CT molecular complexity index is 733. The molecule has 0 amide bonds. The minimum Gasteiger partial charge on any atom is -0.471 e. The van der Waals surface area contributed by atoms with Gasteiger partial charge in [-0.05, 0) is 19.9 Å². The molecule has 0 saturated heterocycles. The summed E-state index contributed by atoms with van der Waals surface area (Å²) in [5.41, 5.74) is -0.550. The van der Waals surface area contributed by atoms with Crippen molar-refractivity contribution < 1.29 is 17.9 Å². The van der Waals surface area contributed by atoms with Gasteiger partial charge >= 0.3 is 0 Å². The van der Waals surface area contributed by atoms with E-state index in [0.29, 0.717) is 0 Å². The van der Waals surface area contributed by atoms with E-state index in [-0.39, 0.29) is 34.1 Å². The number of rotatable bonds is 6. The van der Waals surface area contributed by atoms with E-state index in [2.05, 4.69) is 20.3 Å². The molecule has 0 spiro atoms. The van der Waals surface area contributed by atoms with E-state index in [0.717, 1.165) is 6.07 Å². The molecular formula is C14H13Cl2F3N4O. The fraction of sp³-hybridized carbons (Fsp3) is 0.357. The number of ether oxygens (including phenoxy) is 1. The molecule has 130 valence electrons. The second kappa shape index (κ2) is 7.85. The number of nitrogens with zero attached hydrogens (tertiary/aromatic N) is 3. The predicted octanol–water partition coefficient (Wildman–Crippen LogP) is 4.44. The molecule has 2 aromatic rings. The molecule has 0 bridgehead atoms. The zero-order valence-corrected chi connectivity index (χ0v) is 14.2. The van der Waals surface area contributed by atoms with Crippen molar-refractivity contribution in [3.05, 3.63) is 39.6 Å². The van der Waals surface area contributed by atoms with Crippen molar-refractivity contribution in [1.82, 2.24) is 15.0 Å². The highest BCUT2D eigenvalue weighted by molar-refractivity contribution is 6.33. The standard InChI is InChI=1S/C14H13Cl2F3N4O/c1-6(24-14-9(17)3-8(15)5-21-14)4-20-13-10(16)11(12(18)19)22-7(2)23-13/h3,5-6,12H,4H2,1-2H3,(H,20,22,23)/t6-/m1/s1. The summed E-state index contributed by atoms with van der Waals surface area (Å²) >= 11 is 11.5. The van der Waals surface area contributed by atoms with Gasteiger partial charge in [-0.25, -0.2) is 28.1 Å². The summed E-state index contributed by atoms with van der Waals surface area (Å²) < 4.78 is 44.7. The van der Waals surface area contributed by atoms with Gasteiger partial charge in [0.25, 0.3) is 12.3 Å². The van der Waals surface area contributed by atoms with Crippen LogP contribution in [0.5, 0.6) is 5.88 Å². The highest BCUT2D eigenvalue weighted by Gasteiger charge is 2.19. The molecule has 0 aliphatic rings. The van der Waals surface area contributed by atoms with E-state index in [1.807, 2.05) is 0 Å². The van der Waals surface area contributed by atoms with Crippen LogP contribution in [0.25, 0.3) is 0 Å². The first-order valence-electron chi connectivity index (χ1n) is 6.81. The lowest BCUT2D eigenvalue weighted by molar-refractivity contribution is 0.146. The van der Waals surface area contributed by atoms with Crippen molar-refractivity contribution in [3.8, 4) is 5.88 Å². The van der Waals surface area contributed by atoms with Crippen LogP contribution in [-0.4, -0.2) is 27.6 Å². The number of aryl methyl sites for hydroxylation is 1. The lowest BCUT2D eigenvalue weighted by Gasteiger charge is -2.17. The smallest absolute Gasteiger partial charge is 0.282 e. The van der Waals surface area contributed by atoms with Crippen LogP contribution in [-0.2, 0) is 0 Å². The van der Waals surface area contributed by atoms with Gasteiger partial charge in [-0.15, -0.1) is 0 Å². The summed E-state index contributed by atoms with van der Waals surface area (Å²) in [6.45, 7) is 3.24. The molecule has 24 heavy (non-hydrogen) atoms. The molecule has 1 atom stereocenters. The molecule has 2 rings (SSSR count). The fourth-order valence-electron chi connectivity index (χ4n) is 1.80. The summed E-state index contributed by atoms with van der Waals surface area (Å²) in [6.07, 6.45) is -2.12. The summed E-state index contributed by atoms with van der Waals surface area (Å²) in [5.74, 6) is -0.715. The minimum atomic E-state index is -2.82. The molecule has 0 saturated carbocycles. The second-order valence-corrected chi connectivity index (χ2v) is 5.68. The Morgan fingerprint density at radius 2 is 2.00 bits per heavy atom. The summed E-state index contributed by atoms with van der Waals surface area (Å²) in [5, 5.41) is 2.66. The monoisotopic (exact) mass is 380 g/mol. The Labute approximate surface area is 146 Å². The second-order valence-electron chi connectivity index (χ2n) is 4.87. The van der Waals surface area contributed by atoms with Gasteiger partial charge in [0, 0.05) is 6.20 Å². The van der Waals surface area contributed by atoms with E-state index in [9.17, 15) is 13.2 Å². The molecule has 0 aliphatic heterocycles. The average Bonchev–Trinajstić information content (AvgIpc) is 2.50. The van der Waals surface area contributed by atoms with Crippen LogP contribution in [0.15, 0.2) is 12.3 Å². The molecule has 2 heterocycles. The molecule has 0 aromatic carbocycles. The molecular weight excluding hydrogens is 368 g/mol. The van der Waals surface area contributed by atoms with Crippen LogP contribution in [0.1, 0.15) is 24.9 Å². The first-order valence-corrected chi connectivity index (χ1v) is 7.57. The van der Waals surface area contributed by atoms with Gasteiger partial charge in [-0.3, -0.25) is 0 Å². The van der Waals surface area contributed by atoms with Crippen LogP contribution >= 0.6 is 23.2 Å². The van der Waals surface area contributed by atoms with E-state index in [1.54, 1.807) is 6.92 Å². The first kappa shape index (κ1) is 18.5. The van der Waals surface area contributed by atoms with Crippen molar-refractivity contribution in [2.24, 2.45) is 0 Å². The number of hydrogen-bond acceptors (Lipinski definition) is 5. The van der Waals surface area contributed by atoms with Crippen LogP contribution in [0.4, 0.5) is 19.0 Å². The molecule has 10 heteroatoms. The summed E-state index contributed by atoms with van der Waals surface area (Å²) in [4.78, 5) is 11.3. The Morgan fingerprint density at radius 3 is 2.62 bits per heavy atom. The maximum Gasteiger partial charge on any atom is 0.282 e. The molecule has 0 radical (unpaired) electrons. The van der Waals surface area contributed by atoms with Gasteiger partial charge < -0.3 is 10.1 Å². The summed E-state index contributed by atoms with van der Waals surface area (Å²) in [7, 11) is 0. The van der Waals surface area contributed by atoms with E-state index >= 15 is 0 Å². The van der Waals surface area contributed by atoms with Crippen molar-refractivity contribution in [1.29, 1.82) is 0 Å². The molecule has 1 N–H and O–H groups in total. The third-order valence-corrected chi connectivity index (χ3v) is 3.42. The maximum absolute atomic E-state index is 13.6. The SMILES string of the molecule is Cc1nc(NC[C@@H](C)Oc2ncc(Cl)cc2F)c(Cl)c(C(F)F)n1. The van der Waals surface area contributed by atoms with Crippen molar-refractivity contribution in [2.75, 3.05) is 11.9 Å². The minimum absolute atomic E-state index is 0.0550. The quantitative estimate of drug-likeness (QED) is 0.802. The fourth-order valence-corrected chi connectivity index (χ4v) is 2.18. The van der Waals surface area contributed by atoms with Gasteiger partial charge in [-0.2, -0.15) is 0 Å². The topological polar surface area (TPSA) is 59.9 Å². The number of aromatic nitrogens is 3. The first-order chi connectivity index (χ1) is 11.3.